The second-order valence-electron chi connectivity index (χ2n) is 6.55. The van der Waals surface area contributed by atoms with Gasteiger partial charge in [0.25, 0.3) is 0 Å². The molecular formula is C20H28N2. The number of hydrazine groups is 1. The van der Waals surface area contributed by atoms with Crippen molar-refractivity contribution in [1.82, 2.24) is 0 Å². The molecule has 0 aliphatic rings. The van der Waals surface area contributed by atoms with Crippen LogP contribution in [0.1, 0.15) is 44.5 Å². The highest BCUT2D eigenvalue weighted by atomic mass is 15.4. The zero-order valence-electron chi connectivity index (χ0n) is 15.2. The summed E-state index contributed by atoms with van der Waals surface area (Å²) in [5.41, 5.74) is 12.6. The zero-order chi connectivity index (χ0) is 16.8. The molecule has 0 aliphatic heterocycles. The third-order valence-corrected chi connectivity index (χ3v) is 5.43. The van der Waals surface area contributed by atoms with E-state index in [0.29, 0.717) is 0 Å². The first-order chi connectivity index (χ1) is 10.2. The third kappa shape index (κ3) is 2.52. The molecule has 0 spiro atoms. The molecule has 2 N–H and O–H groups in total. The summed E-state index contributed by atoms with van der Waals surface area (Å²) < 4.78 is 0. The largest absolute Gasteiger partial charge is 0.279 e. The Balaban J connectivity index is 2.66. The minimum atomic E-state index is 1.09. The SMILES string of the molecule is Cc1cc(N(N)c2cc(C)c(C)c(C)c2C)c(C)c(C)c1C. The average Bonchev–Trinajstić information content (AvgIpc) is 2.49. The molecule has 0 radical (unpaired) electrons. The summed E-state index contributed by atoms with van der Waals surface area (Å²) in [7, 11) is 0. The molecular weight excluding hydrogens is 268 g/mol. The van der Waals surface area contributed by atoms with E-state index in [9.17, 15) is 0 Å². The van der Waals surface area contributed by atoms with Crippen molar-refractivity contribution in [3.8, 4) is 0 Å². The molecule has 22 heavy (non-hydrogen) atoms. The summed E-state index contributed by atoms with van der Waals surface area (Å²) in [4.78, 5) is 0. The Morgan fingerprint density at radius 1 is 0.545 bits per heavy atom. The van der Waals surface area contributed by atoms with Crippen molar-refractivity contribution in [2.24, 2.45) is 5.84 Å². The van der Waals surface area contributed by atoms with Gasteiger partial charge in [-0.1, -0.05) is 0 Å². The van der Waals surface area contributed by atoms with Gasteiger partial charge in [-0.2, -0.15) is 0 Å². The minimum absolute atomic E-state index is 1.09. The third-order valence-electron chi connectivity index (χ3n) is 5.43. The van der Waals surface area contributed by atoms with Crippen molar-refractivity contribution in [2.45, 2.75) is 55.4 Å². The van der Waals surface area contributed by atoms with Crippen molar-refractivity contribution in [1.29, 1.82) is 0 Å². The first-order valence-electron chi connectivity index (χ1n) is 7.86. The van der Waals surface area contributed by atoms with Crippen molar-refractivity contribution >= 4 is 11.4 Å². The number of benzene rings is 2. The highest BCUT2D eigenvalue weighted by Gasteiger charge is 2.16. The number of aryl methyl sites for hydroxylation is 2. The summed E-state index contributed by atoms with van der Waals surface area (Å²) in [5.74, 6) is 6.53. The van der Waals surface area contributed by atoms with E-state index in [2.05, 4.69) is 67.5 Å². The minimum Gasteiger partial charge on any atom is -0.279 e. The lowest BCUT2D eigenvalue weighted by Gasteiger charge is -2.27. The Hall–Kier alpha value is -1.80. The molecule has 0 aliphatic carbocycles. The van der Waals surface area contributed by atoms with Gasteiger partial charge in [-0.05, 0) is 112 Å². The van der Waals surface area contributed by atoms with Gasteiger partial charge in [0.05, 0.1) is 11.4 Å². The van der Waals surface area contributed by atoms with Gasteiger partial charge in [0.15, 0.2) is 0 Å². The smallest absolute Gasteiger partial charge is 0.0610 e. The summed E-state index contributed by atoms with van der Waals surface area (Å²) in [6.07, 6.45) is 0. The molecule has 2 rings (SSSR count). The predicted octanol–water partition coefficient (Wildman–Crippen LogP) is 5.17. The van der Waals surface area contributed by atoms with Crippen molar-refractivity contribution < 1.29 is 0 Å². The maximum absolute atomic E-state index is 6.53. The quantitative estimate of drug-likeness (QED) is 0.612. The fourth-order valence-electron chi connectivity index (χ4n) is 3.01. The monoisotopic (exact) mass is 296 g/mol. The van der Waals surface area contributed by atoms with Gasteiger partial charge in [0.2, 0.25) is 0 Å². The second-order valence-corrected chi connectivity index (χ2v) is 6.55. The molecule has 2 heteroatoms. The van der Waals surface area contributed by atoms with E-state index in [0.717, 1.165) is 11.4 Å². The number of hydrogen-bond donors (Lipinski definition) is 1. The van der Waals surface area contributed by atoms with Gasteiger partial charge in [-0.15, -0.1) is 0 Å². The van der Waals surface area contributed by atoms with E-state index in [4.69, 9.17) is 5.84 Å². The Morgan fingerprint density at radius 2 is 0.864 bits per heavy atom. The van der Waals surface area contributed by atoms with E-state index in [-0.39, 0.29) is 0 Å². The summed E-state index contributed by atoms with van der Waals surface area (Å²) >= 11 is 0. The fourth-order valence-corrected chi connectivity index (χ4v) is 3.01. The summed E-state index contributed by atoms with van der Waals surface area (Å²) in [6, 6.07) is 4.39. The lowest BCUT2D eigenvalue weighted by atomic mass is 9.95. The van der Waals surface area contributed by atoms with Crippen LogP contribution in [0.15, 0.2) is 12.1 Å². The standard InChI is InChI=1S/C20H28N2/c1-11-9-19(17(7)15(5)13(11)3)22(21)20-10-12(2)14(4)16(6)18(20)8/h9-10H,21H2,1-8H3. The van der Waals surface area contributed by atoms with Crippen LogP contribution in [0.2, 0.25) is 0 Å². The molecule has 0 heterocycles. The molecule has 0 saturated heterocycles. The van der Waals surface area contributed by atoms with E-state index in [1.807, 2.05) is 5.01 Å². The molecule has 0 unspecified atom stereocenters. The van der Waals surface area contributed by atoms with Crippen molar-refractivity contribution in [3.63, 3.8) is 0 Å². The molecule has 0 atom stereocenters. The molecule has 0 bridgehead atoms. The molecule has 0 saturated carbocycles. The van der Waals surface area contributed by atoms with Crippen LogP contribution >= 0.6 is 0 Å². The van der Waals surface area contributed by atoms with Crippen LogP contribution in [0.25, 0.3) is 0 Å². The van der Waals surface area contributed by atoms with Crippen LogP contribution < -0.4 is 10.9 Å². The Bertz CT molecular complexity index is 679. The molecule has 118 valence electrons. The van der Waals surface area contributed by atoms with Gasteiger partial charge in [0, 0.05) is 0 Å². The zero-order valence-corrected chi connectivity index (χ0v) is 15.2. The normalized spacial score (nSPS) is 11.0. The highest BCUT2D eigenvalue weighted by molar-refractivity contribution is 5.72. The summed E-state index contributed by atoms with van der Waals surface area (Å²) in [5, 5.41) is 1.85. The first-order valence-corrected chi connectivity index (χ1v) is 7.86. The van der Waals surface area contributed by atoms with Gasteiger partial charge in [-0.25, -0.2) is 5.84 Å². The number of nitrogens with zero attached hydrogens (tertiary/aromatic N) is 1. The molecule has 2 aromatic rings. The molecule has 2 aromatic carbocycles. The van der Waals surface area contributed by atoms with Crippen LogP contribution in [-0.2, 0) is 0 Å². The van der Waals surface area contributed by atoms with Crippen LogP contribution in [-0.4, -0.2) is 0 Å². The van der Waals surface area contributed by atoms with Crippen LogP contribution in [0.5, 0.6) is 0 Å². The highest BCUT2D eigenvalue weighted by Crippen LogP contribution is 2.34. The second kappa shape index (κ2) is 5.77. The van der Waals surface area contributed by atoms with Gasteiger partial charge in [-0.3, -0.25) is 5.01 Å². The van der Waals surface area contributed by atoms with E-state index in [1.54, 1.807) is 0 Å². The number of rotatable bonds is 2. The van der Waals surface area contributed by atoms with Crippen LogP contribution in [0.3, 0.4) is 0 Å². The van der Waals surface area contributed by atoms with Gasteiger partial charge in [0.1, 0.15) is 0 Å². The Kier molecular flexibility index (Phi) is 4.35. The molecule has 2 nitrogen and oxygen atoms in total. The maximum Gasteiger partial charge on any atom is 0.0610 e. The van der Waals surface area contributed by atoms with Crippen LogP contribution in [0, 0.1) is 55.4 Å². The topological polar surface area (TPSA) is 29.3 Å². The lowest BCUT2D eigenvalue weighted by Crippen LogP contribution is -2.27. The molecule has 0 fully saturated rings. The first kappa shape index (κ1) is 16.6. The van der Waals surface area contributed by atoms with E-state index < -0.39 is 0 Å². The van der Waals surface area contributed by atoms with Crippen molar-refractivity contribution in [2.75, 3.05) is 5.01 Å². The lowest BCUT2D eigenvalue weighted by molar-refractivity contribution is 1.03. The van der Waals surface area contributed by atoms with E-state index in [1.165, 1.54) is 44.5 Å². The number of nitrogens with two attached hydrogens (primary N) is 1. The average molecular weight is 296 g/mol. The maximum atomic E-state index is 6.53. The van der Waals surface area contributed by atoms with Gasteiger partial charge < -0.3 is 0 Å². The summed E-state index contributed by atoms with van der Waals surface area (Å²) in [6.45, 7) is 17.3. The molecule has 0 aromatic heterocycles. The number of hydrogen-bond acceptors (Lipinski definition) is 2. The van der Waals surface area contributed by atoms with Gasteiger partial charge >= 0.3 is 0 Å². The number of anilines is 2. The predicted molar refractivity (Wildman–Crippen MR) is 97.1 cm³/mol. The van der Waals surface area contributed by atoms with Crippen LogP contribution in [0.4, 0.5) is 11.4 Å². The van der Waals surface area contributed by atoms with E-state index >= 15 is 0 Å². The Morgan fingerprint density at radius 3 is 1.18 bits per heavy atom. The Labute approximate surface area is 134 Å². The molecule has 0 amide bonds. The fraction of sp³-hybridized carbons (Fsp3) is 0.400. The van der Waals surface area contributed by atoms with Crippen molar-refractivity contribution in [3.05, 3.63) is 56.6 Å².